The van der Waals surface area contributed by atoms with Crippen molar-refractivity contribution in [3.8, 4) is 0 Å². The van der Waals surface area contributed by atoms with Gasteiger partial charge in [0, 0.05) is 19.0 Å². The second kappa shape index (κ2) is 6.23. The number of alkyl halides is 1. The predicted molar refractivity (Wildman–Crippen MR) is 74.7 cm³/mol. The molecule has 0 heterocycles. The SMILES string of the molecule is Fc1cccc(CNCC2(CCl)CCCC2)c1Cl. The molecule has 1 saturated carbocycles. The Morgan fingerprint density at radius 1 is 1.28 bits per heavy atom. The predicted octanol–water partition coefficient (Wildman–Crippen LogP) is 4.37. The molecule has 0 aliphatic heterocycles. The third-order valence-corrected chi connectivity index (χ3v) is 4.78. The first-order valence-electron chi connectivity index (χ1n) is 6.36. The maximum Gasteiger partial charge on any atom is 0.142 e. The molecule has 1 nitrogen and oxygen atoms in total. The summed E-state index contributed by atoms with van der Waals surface area (Å²) in [6, 6.07) is 4.91. The van der Waals surface area contributed by atoms with Crippen molar-refractivity contribution in [1.82, 2.24) is 5.32 Å². The van der Waals surface area contributed by atoms with Crippen LogP contribution in [0.5, 0.6) is 0 Å². The fourth-order valence-corrected chi connectivity index (χ4v) is 3.18. The fraction of sp³-hybridized carbons (Fsp3) is 0.571. The van der Waals surface area contributed by atoms with Gasteiger partial charge in [0.15, 0.2) is 0 Å². The first kappa shape index (κ1) is 14.1. The zero-order valence-electron chi connectivity index (χ0n) is 10.3. The average Bonchev–Trinajstić information content (AvgIpc) is 2.84. The number of hydrogen-bond donors (Lipinski definition) is 1. The minimum Gasteiger partial charge on any atom is -0.312 e. The highest BCUT2D eigenvalue weighted by molar-refractivity contribution is 6.31. The van der Waals surface area contributed by atoms with Gasteiger partial charge in [-0.05, 0) is 29.9 Å². The van der Waals surface area contributed by atoms with Gasteiger partial charge in [0.05, 0.1) is 5.02 Å². The monoisotopic (exact) mass is 289 g/mol. The molecule has 100 valence electrons. The molecule has 0 bridgehead atoms. The van der Waals surface area contributed by atoms with Gasteiger partial charge in [-0.15, -0.1) is 11.6 Å². The lowest BCUT2D eigenvalue weighted by atomic mass is 9.88. The lowest BCUT2D eigenvalue weighted by Crippen LogP contribution is -2.33. The Hall–Kier alpha value is -0.310. The Balaban J connectivity index is 1.90. The summed E-state index contributed by atoms with van der Waals surface area (Å²) >= 11 is 12.0. The quantitative estimate of drug-likeness (QED) is 0.794. The summed E-state index contributed by atoms with van der Waals surface area (Å²) in [6.07, 6.45) is 4.88. The van der Waals surface area contributed by atoms with E-state index in [0.717, 1.165) is 12.1 Å². The first-order chi connectivity index (χ1) is 8.67. The van der Waals surface area contributed by atoms with Crippen LogP contribution in [0.4, 0.5) is 4.39 Å². The van der Waals surface area contributed by atoms with E-state index in [-0.39, 0.29) is 16.3 Å². The lowest BCUT2D eigenvalue weighted by Gasteiger charge is -2.26. The number of halogens is 3. The van der Waals surface area contributed by atoms with Gasteiger partial charge in [-0.25, -0.2) is 4.39 Å². The molecule has 1 fully saturated rings. The van der Waals surface area contributed by atoms with Crippen molar-refractivity contribution in [3.05, 3.63) is 34.6 Å². The smallest absolute Gasteiger partial charge is 0.142 e. The topological polar surface area (TPSA) is 12.0 Å². The van der Waals surface area contributed by atoms with Crippen molar-refractivity contribution in [3.63, 3.8) is 0 Å². The number of rotatable bonds is 5. The molecule has 2 rings (SSSR count). The zero-order valence-corrected chi connectivity index (χ0v) is 11.8. The number of benzene rings is 1. The molecule has 0 spiro atoms. The Labute approximate surface area is 118 Å². The van der Waals surface area contributed by atoms with Crippen LogP contribution >= 0.6 is 23.2 Å². The first-order valence-corrected chi connectivity index (χ1v) is 7.28. The maximum atomic E-state index is 13.3. The van der Waals surface area contributed by atoms with E-state index in [9.17, 15) is 4.39 Å². The van der Waals surface area contributed by atoms with Crippen LogP contribution in [0.25, 0.3) is 0 Å². The van der Waals surface area contributed by atoms with E-state index < -0.39 is 0 Å². The molecular weight excluding hydrogens is 272 g/mol. The minimum absolute atomic E-state index is 0.219. The van der Waals surface area contributed by atoms with E-state index in [1.165, 1.54) is 31.7 Å². The van der Waals surface area contributed by atoms with Gasteiger partial charge in [-0.2, -0.15) is 0 Å². The van der Waals surface area contributed by atoms with E-state index >= 15 is 0 Å². The van der Waals surface area contributed by atoms with Crippen LogP contribution in [0, 0.1) is 11.2 Å². The summed E-state index contributed by atoms with van der Waals surface area (Å²) < 4.78 is 13.3. The highest BCUT2D eigenvalue weighted by Crippen LogP contribution is 2.38. The van der Waals surface area contributed by atoms with E-state index in [4.69, 9.17) is 23.2 Å². The Bertz CT molecular complexity index is 403. The summed E-state index contributed by atoms with van der Waals surface area (Å²) in [5, 5.41) is 3.59. The van der Waals surface area contributed by atoms with Crippen molar-refractivity contribution in [2.45, 2.75) is 32.2 Å². The van der Waals surface area contributed by atoms with E-state index in [1.54, 1.807) is 6.07 Å². The van der Waals surface area contributed by atoms with Crippen molar-refractivity contribution < 1.29 is 4.39 Å². The second-order valence-corrected chi connectivity index (χ2v) is 5.80. The van der Waals surface area contributed by atoms with Gasteiger partial charge >= 0.3 is 0 Å². The van der Waals surface area contributed by atoms with Gasteiger partial charge in [0.25, 0.3) is 0 Å². The normalized spacial score (nSPS) is 18.2. The van der Waals surface area contributed by atoms with Crippen LogP contribution < -0.4 is 5.32 Å². The van der Waals surface area contributed by atoms with Gasteiger partial charge < -0.3 is 5.32 Å². The Morgan fingerprint density at radius 2 is 2.00 bits per heavy atom. The number of nitrogens with one attached hydrogen (secondary N) is 1. The van der Waals surface area contributed by atoms with Crippen molar-refractivity contribution >= 4 is 23.2 Å². The summed E-state index contributed by atoms with van der Waals surface area (Å²) in [7, 11) is 0. The molecule has 1 aliphatic carbocycles. The molecule has 1 aromatic rings. The molecule has 0 aromatic heterocycles. The summed E-state index contributed by atoms with van der Waals surface area (Å²) in [4.78, 5) is 0. The van der Waals surface area contributed by atoms with Crippen LogP contribution in [-0.4, -0.2) is 12.4 Å². The molecule has 18 heavy (non-hydrogen) atoms. The minimum atomic E-state index is -0.358. The van der Waals surface area contributed by atoms with Crippen molar-refractivity contribution in [2.24, 2.45) is 5.41 Å². The molecule has 0 saturated heterocycles. The molecule has 1 aliphatic rings. The van der Waals surface area contributed by atoms with E-state index in [2.05, 4.69) is 5.32 Å². The fourth-order valence-electron chi connectivity index (χ4n) is 2.63. The molecule has 0 amide bonds. The van der Waals surface area contributed by atoms with Gasteiger partial charge in [0.1, 0.15) is 5.82 Å². The highest BCUT2D eigenvalue weighted by atomic mass is 35.5. The van der Waals surface area contributed by atoms with Gasteiger partial charge in [-0.3, -0.25) is 0 Å². The van der Waals surface area contributed by atoms with E-state index in [1.807, 2.05) is 6.07 Å². The summed E-state index contributed by atoms with van der Waals surface area (Å²) in [6.45, 7) is 1.47. The van der Waals surface area contributed by atoms with Crippen LogP contribution in [0.3, 0.4) is 0 Å². The van der Waals surface area contributed by atoms with Crippen LogP contribution in [0.2, 0.25) is 5.02 Å². The lowest BCUT2D eigenvalue weighted by molar-refractivity contribution is 0.320. The third kappa shape index (κ3) is 3.17. The van der Waals surface area contributed by atoms with Gasteiger partial charge in [-0.1, -0.05) is 36.6 Å². The van der Waals surface area contributed by atoms with Gasteiger partial charge in [0.2, 0.25) is 0 Å². The maximum absolute atomic E-state index is 13.3. The molecule has 1 N–H and O–H groups in total. The third-order valence-electron chi connectivity index (χ3n) is 3.79. The van der Waals surface area contributed by atoms with Crippen LogP contribution in [0.1, 0.15) is 31.2 Å². The molecule has 4 heteroatoms. The summed E-state index contributed by atoms with van der Waals surface area (Å²) in [5.74, 6) is 0.334. The average molecular weight is 290 g/mol. The zero-order chi connectivity index (χ0) is 13.0. The Morgan fingerprint density at radius 3 is 2.67 bits per heavy atom. The standard InChI is InChI=1S/C14H18Cl2FN/c15-9-14(6-1-2-7-14)10-18-8-11-4-3-5-12(17)13(11)16/h3-5,18H,1-2,6-10H2. The molecule has 0 unspecified atom stereocenters. The van der Waals surface area contributed by atoms with Crippen molar-refractivity contribution in [1.29, 1.82) is 0 Å². The van der Waals surface area contributed by atoms with Crippen LogP contribution in [0.15, 0.2) is 18.2 Å². The molecule has 1 aromatic carbocycles. The molecule has 0 atom stereocenters. The van der Waals surface area contributed by atoms with Crippen LogP contribution in [-0.2, 0) is 6.54 Å². The molecule has 0 radical (unpaired) electrons. The number of hydrogen-bond acceptors (Lipinski definition) is 1. The van der Waals surface area contributed by atoms with E-state index in [0.29, 0.717) is 12.4 Å². The second-order valence-electron chi connectivity index (χ2n) is 5.16. The Kier molecular flexibility index (Phi) is 4.88. The highest BCUT2D eigenvalue weighted by Gasteiger charge is 2.32. The largest absolute Gasteiger partial charge is 0.312 e. The van der Waals surface area contributed by atoms with Crippen molar-refractivity contribution in [2.75, 3.05) is 12.4 Å². The summed E-state index contributed by atoms with van der Waals surface area (Å²) in [5.41, 5.74) is 1.03. The molecular formula is C14H18Cl2FN.